The van der Waals surface area contributed by atoms with Gasteiger partial charge in [-0.05, 0) is 24.1 Å². The van der Waals surface area contributed by atoms with Crippen molar-refractivity contribution in [1.29, 1.82) is 5.41 Å². The number of carbonyl (C=O) groups is 1. The van der Waals surface area contributed by atoms with Crippen LogP contribution < -0.4 is 11.1 Å². The van der Waals surface area contributed by atoms with Crippen LogP contribution in [0.2, 0.25) is 0 Å². The van der Waals surface area contributed by atoms with Gasteiger partial charge in [-0.25, -0.2) is 0 Å². The van der Waals surface area contributed by atoms with E-state index in [-0.39, 0.29) is 11.8 Å². The molecule has 4 N–H and O–H groups in total. The fourth-order valence-electron chi connectivity index (χ4n) is 2.76. The Morgan fingerprint density at radius 1 is 1.53 bits per heavy atom. The first kappa shape index (κ1) is 10.1. The highest BCUT2D eigenvalue weighted by atomic mass is 16.2. The zero-order chi connectivity index (χ0) is 12.0. The lowest BCUT2D eigenvalue weighted by Crippen LogP contribution is -2.23. The normalized spacial score (nSPS) is 30.0. The lowest BCUT2D eigenvalue weighted by Gasteiger charge is -2.08. The van der Waals surface area contributed by atoms with E-state index in [2.05, 4.69) is 5.32 Å². The summed E-state index contributed by atoms with van der Waals surface area (Å²) in [6, 6.07) is 7.73. The van der Waals surface area contributed by atoms with Gasteiger partial charge in [-0.3, -0.25) is 4.79 Å². The number of nitrogens with one attached hydrogen (secondary N) is 2. The quantitative estimate of drug-likeness (QED) is 0.667. The number of rotatable bonds is 2. The summed E-state index contributed by atoms with van der Waals surface area (Å²) in [6.07, 6.45) is 3.47. The van der Waals surface area contributed by atoms with Crippen LogP contribution in [0.15, 0.2) is 36.0 Å². The molecule has 3 rings (SSSR count). The summed E-state index contributed by atoms with van der Waals surface area (Å²) in [5, 5.41) is 9.92. The van der Waals surface area contributed by atoms with E-state index in [1.54, 1.807) is 6.08 Å². The molecule has 1 aliphatic heterocycles. The van der Waals surface area contributed by atoms with E-state index >= 15 is 0 Å². The predicted octanol–water partition coefficient (Wildman–Crippen LogP) is 1.39. The molecule has 2 aliphatic rings. The molecule has 0 saturated heterocycles. The Hall–Kier alpha value is -2.10. The zero-order valence-corrected chi connectivity index (χ0v) is 9.23. The first-order chi connectivity index (χ1) is 8.20. The number of para-hydroxylation sites is 1. The van der Waals surface area contributed by atoms with Crippen LogP contribution in [0.1, 0.15) is 12.0 Å². The number of amides is 1. The maximum absolute atomic E-state index is 12.1. The summed E-state index contributed by atoms with van der Waals surface area (Å²) in [6.45, 7) is 0. The second-order valence-corrected chi connectivity index (χ2v) is 4.56. The molecule has 17 heavy (non-hydrogen) atoms. The molecule has 0 radical (unpaired) electrons. The molecule has 0 bridgehead atoms. The fraction of sp³-hybridized carbons (Fsp3) is 0.231. The topological polar surface area (TPSA) is 79.0 Å². The number of allylic oxidation sites excluding steroid dienone is 2. The van der Waals surface area contributed by atoms with Crippen LogP contribution >= 0.6 is 0 Å². The summed E-state index contributed by atoms with van der Waals surface area (Å²) in [7, 11) is 0. The molecule has 1 aliphatic carbocycles. The van der Waals surface area contributed by atoms with Gasteiger partial charge in [0.05, 0.1) is 5.41 Å². The predicted molar refractivity (Wildman–Crippen MR) is 65.9 cm³/mol. The van der Waals surface area contributed by atoms with E-state index < -0.39 is 5.41 Å². The highest BCUT2D eigenvalue weighted by Gasteiger charge is 2.65. The summed E-state index contributed by atoms with van der Waals surface area (Å²) >= 11 is 0. The summed E-state index contributed by atoms with van der Waals surface area (Å²) in [5.74, 6) is 0.0674. The fourth-order valence-corrected chi connectivity index (χ4v) is 2.76. The SMILES string of the molecule is N=C/C=C(\N)C1CC12C(=O)Nc1ccccc12. The summed E-state index contributed by atoms with van der Waals surface area (Å²) in [4.78, 5) is 12.1. The van der Waals surface area contributed by atoms with Crippen LogP contribution in [-0.4, -0.2) is 12.1 Å². The average Bonchev–Trinajstić information content (AvgIpc) is 3.00. The molecule has 0 aromatic heterocycles. The largest absolute Gasteiger partial charge is 0.402 e. The number of fused-ring (bicyclic) bond motifs is 2. The van der Waals surface area contributed by atoms with Gasteiger partial charge in [-0.15, -0.1) is 0 Å². The maximum atomic E-state index is 12.1. The smallest absolute Gasteiger partial charge is 0.235 e. The molecule has 86 valence electrons. The molecule has 1 fully saturated rings. The highest BCUT2D eigenvalue weighted by molar-refractivity contribution is 6.09. The van der Waals surface area contributed by atoms with E-state index in [1.807, 2.05) is 24.3 Å². The minimum atomic E-state index is -0.472. The molecule has 1 amide bonds. The van der Waals surface area contributed by atoms with Crippen molar-refractivity contribution in [3.63, 3.8) is 0 Å². The molecule has 1 saturated carbocycles. The Balaban J connectivity index is 2.04. The third-order valence-electron chi connectivity index (χ3n) is 3.70. The molecule has 1 heterocycles. The average molecular weight is 227 g/mol. The summed E-state index contributed by atoms with van der Waals surface area (Å²) in [5.41, 5.74) is 7.97. The van der Waals surface area contributed by atoms with Gasteiger partial charge >= 0.3 is 0 Å². The van der Waals surface area contributed by atoms with Gasteiger partial charge in [0.15, 0.2) is 0 Å². The Kier molecular flexibility index (Phi) is 1.90. The Bertz CT molecular complexity index is 549. The van der Waals surface area contributed by atoms with Crippen molar-refractivity contribution >= 4 is 17.8 Å². The van der Waals surface area contributed by atoms with Gasteiger partial charge in [-0.1, -0.05) is 18.2 Å². The second kappa shape index (κ2) is 3.20. The molecule has 1 spiro atoms. The van der Waals surface area contributed by atoms with Crippen molar-refractivity contribution in [2.24, 2.45) is 11.7 Å². The maximum Gasteiger partial charge on any atom is 0.235 e. The van der Waals surface area contributed by atoms with Crippen molar-refractivity contribution in [3.8, 4) is 0 Å². The zero-order valence-electron chi connectivity index (χ0n) is 9.23. The van der Waals surface area contributed by atoms with Gasteiger partial charge in [-0.2, -0.15) is 0 Å². The van der Waals surface area contributed by atoms with Crippen molar-refractivity contribution < 1.29 is 4.79 Å². The van der Waals surface area contributed by atoms with Crippen molar-refractivity contribution in [2.45, 2.75) is 11.8 Å². The third kappa shape index (κ3) is 1.18. The lowest BCUT2D eigenvalue weighted by molar-refractivity contribution is -0.118. The molecule has 1 aromatic rings. The minimum absolute atomic E-state index is 0.0324. The number of anilines is 1. The molecular weight excluding hydrogens is 214 g/mol. The molecule has 4 nitrogen and oxygen atoms in total. The van der Waals surface area contributed by atoms with E-state index in [4.69, 9.17) is 11.1 Å². The van der Waals surface area contributed by atoms with E-state index in [0.717, 1.165) is 17.7 Å². The number of benzene rings is 1. The Morgan fingerprint density at radius 2 is 2.29 bits per heavy atom. The van der Waals surface area contributed by atoms with Crippen molar-refractivity contribution in [3.05, 3.63) is 41.6 Å². The molecule has 2 atom stereocenters. The first-order valence-electron chi connectivity index (χ1n) is 5.57. The monoisotopic (exact) mass is 227 g/mol. The summed E-state index contributed by atoms with van der Waals surface area (Å²) < 4.78 is 0. The van der Waals surface area contributed by atoms with Crippen LogP contribution in [0, 0.1) is 11.3 Å². The number of hydrogen-bond acceptors (Lipinski definition) is 3. The molecule has 4 heteroatoms. The standard InChI is InChI=1S/C13H13N3O/c14-6-5-10(15)9-7-13(9)8-3-1-2-4-11(8)16-12(13)17/h1-6,9,14H,7,15H2,(H,16,17)/b10-5-,14-6?. The van der Waals surface area contributed by atoms with Crippen LogP contribution in [0.5, 0.6) is 0 Å². The van der Waals surface area contributed by atoms with E-state index in [0.29, 0.717) is 5.70 Å². The molecule has 1 aromatic carbocycles. The lowest BCUT2D eigenvalue weighted by atomic mass is 9.94. The highest BCUT2D eigenvalue weighted by Crippen LogP contribution is 2.61. The number of carbonyl (C=O) groups excluding carboxylic acids is 1. The molecule has 2 unspecified atom stereocenters. The Morgan fingerprint density at radius 3 is 3.06 bits per heavy atom. The van der Waals surface area contributed by atoms with Crippen LogP contribution in [0.25, 0.3) is 0 Å². The van der Waals surface area contributed by atoms with Gasteiger partial charge < -0.3 is 16.5 Å². The van der Waals surface area contributed by atoms with Crippen molar-refractivity contribution in [1.82, 2.24) is 0 Å². The number of hydrogen-bond donors (Lipinski definition) is 3. The van der Waals surface area contributed by atoms with Gasteiger partial charge in [0.2, 0.25) is 5.91 Å². The van der Waals surface area contributed by atoms with Crippen LogP contribution in [0.3, 0.4) is 0 Å². The van der Waals surface area contributed by atoms with Crippen molar-refractivity contribution in [2.75, 3.05) is 5.32 Å². The number of nitrogens with two attached hydrogens (primary N) is 1. The van der Waals surface area contributed by atoms with Gasteiger partial charge in [0, 0.05) is 23.5 Å². The first-order valence-corrected chi connectivity index (χ1v) is 5.57. The van der Waals surface area contributed by atoms with E-state index in [9.17, 15) is 4.79 Å². The van der Waals surface area contributed by atoms with Crippen LogP contribution in [-0.2, 0) is 10.2 Å². The van der Waals surface area contributed by atoms with Crippen LogP contribution in [0.4, 0.5) is 5.69 Å². The second-order valence-electron chi connectivity index (χ2n) is 4.56. The third-order valence-corrected chi connectivity index (χ3v) is 3.70. The van der Waals surface area contributed by atoms with E-state index in [1.165, 1.54) is 6.21 Å². The van der Waals surface area contributed by atoms with Gasteiger partial charge in [0.1, 0.15) is 0 Å². The Labute approximate surface area is 99.0 Å². The minimum Gasteiger partial charge on any atom is -0.402 e. The van der Waals surface area contributed by atoms with Gasteiger partial charge in [0.25, 0.3) is 0 Å². The molecular formula is C13H13N3O.